The first-order valence-corrected chi connectivity index (χ1v) is 6.46. The highest BCUT2D eigenvalue weighted by Gasteiger charge is 2.07. The Hall–Kier alpha value is -2.20. The molecule has 0 unspecified atom stereocenters. The second kappa shape index (κ2) is 6.82. The third kappa shape index (κ3) is 3.90. The number of benzene rings is 2. The Morgan fingerprint density at radius 3 is 2.70 bits per heavy atom. The van der Waals surface area contributed by atoms with Gasteiger partial charge in [0.05, 0.1) is 0 Å². The van der Waals surface area contributed by atoms with Gasteiger partial charge in [-0.2, -0.15) is 0 Å². The van der Waals surface area contributed by atoms with Crippen LogP contribution in [0.3, 0.4) is 0 Å². The summed E-state index contributed by atoms with van der Waals surface area (Å²) in [6.45, 7) is 0.139. The van der Waals surface area contributed by atoms with Crippen molar-refractivity contribution in [2.45, 2.75) is 12.8 Å². The van der Waals surface area contributed by atoms with E-state index in [-0.39, 0.29) is 18.1 Å². The standard InChI is InChI=1S/C16H16FNO2/c17-14-7-2-6-13(11-14)16(20)18-15-8-1-4-12(10-15)5-3-9-19/h1-2,4,6-8,10-11,19H,3,5,9H2,(H,18,20). The van der Waals surface area contributed by atoms with Gasteiger partial charge in [-0.3, -0.25) is 4.79 Å². The van der Waals surface area contributed by atoms with E-state index in [1.807, 2.05) is 18.2 Å². The first-order chi connectivity index (χ1) is 9.69. The molecule has 0 aliphatic heterocycles. The topological polar surface area (TPSA) is 49.3 Å². The van der Waals surface area contributed by atoms with Gasteiger partial charge in [0.1, 0.15) is 5.82 Å². The van der Waals surface area contributed by atoms with E-state index in [0.29, 0.717) is 12.1 Å². The molecule has 4 heteroatoms. The lowest BCUT2D eigenvalue weighted by Gasteiger charge is -2.07. The van der Waals surface area contributed by atoms with E-state index in [9.17, 15) is 9.18 Å². The summed E-state index contributed by atoms with van der Waals surface area (Å²) in [7, 11) is 0. The summed E-state index contributed by atoms with van der Waals surface area (Å²) in [4.78, 5) is 12.0. The molecule has 3 nitrogen and oxygen atoms in total. The first kappa shape index (κ1) is 14.2. The summed E-state index contributed by atoms with van der Waals surface area (Å²) >= 11 is 0. The van der Waals surface area contributed by atoms with Crippen LogP contribution in [0.2, 0.25) is 0 Å². The lowest BCUT2D eigenvalue weighted by atomic mass is 10.1. The van der Waals surface area contributed by atoms with Gasteiger partial charge in [-0.05, 0) is 48.7 Å². The lowest BCUT2D eigenvalue weighted by Crippen LogP contribution is -2.12. The van der Waals surface area contributed by atoms with Crippen LogP contribution in [0.25, 0.3) is 0 Å². The highest BCUT2D eigenvalue weighted by Crippen LogP contribution is 2.14. The van der Waals surface area contributed by atoms with Gasteiger partial charge >= 0.3 is 0 Å². The van der Waals surface area contributed by atoms with Gasteiger partial charge in [0.25, 0.3) is 5.91 Å². The molecule has 0 aliphatic rings. The largest absolute Gasteiger partial charge is 0.396 e. The molecule has 0 aliphatic carbocycles. The van der Waals surface area contributed by atoms with Crippen LogP contribution in [0.15, 0.2) is 48.5 Å². The minimum atomic E-state index is -0.436. The molecule has 2 rings (SSSR count). The van der Waals surface area contributed by atoms with Crippen molar-refractivity contribution in [3.05, 3.63) is 65.5 Å². The molecule has 2 aromatic rings. The first-order valence-electron chi connectivity index (χ1n) is 6.46. The fourth-order valence-electron chi connectivity index (χ4n) is 1.92. The molecule has 2 N–H and O–H groups in total. The molecule has 104 valence electrons. The zero-order valence-electron chi connectivity index (χ0n) is 11.0. The number of aliphatic hydroxyl groups is 1. The minimum absolute atomic E-state index is 0.139. The van der Waals surface area contributed by atoms with Crippen molar-refractivity contribution in [3.63, 3.8) is 0 Å². The molecular weight excluding hydrogens is 257 g/mol. The Morgan fingerprint density at radius 2 is 1.95 bits per heavy atom. The Morgan fingerprint density at radius 1 is 1.15 bits per heavy atom. The Labute approximate surface area is 117 Å². The Kier molecular flexibility index (Phi) is 4.85. The quantitative estimate of drug-likeness (QED) is 0.879. The molecule has 0 saturated carbocycles. The fraction of sp³-hybridized carbons (Fsp3) is 0.188. The van der Waals surface area contributed by atoms with Gasteiger partial charge in [-0.25, -0.2) is 4.39 Å². The van der Waals surface area contributed by atoms with Crippen molar-refractivity contribution in [1.82, 2.24) is 0 Å². The Bertz CT molecular complexity index is 599. The number of nitrogens with one attached hydrogen (secondary N) is 1. The summed E-state index contributed by atoms with van der Waals surface area (Å²) in [5.41, 5.74) is 1.98. The predicted octanol–water partition coefficient (Wildman–Crippen LogP) is 3.00. The number of rotatable bonds is 5. The molecular formula is C16H16FNO2. The van der Waals surface area contributed by atoms with Crippen molar-refractivity contribution < 1.29 is 14.3 Å². The number of amides is 1. The summed E-state index contributed by atoms with van der Waals surface area (Å²) in [6, 6.07) is 13.0. The van der Waals surface area contributed by atoms with Gasteiger partial charge in [-0.1, -0.05) is 18.2 Å². The van der Waals surface area contributed by atoms with Gasteiger partial charge in [0.15, 0.2) is 0 Å². The van der Waals surface area contributed by atoms with Crippen LogP contribution in [-0.2, 0) is 6.42 Å². The van der Waals surface area contributed by atoms with Gasteiger partial charge in [-0.15, -0.1) is 0 Å². The van der Waals surface area contributed by atoms with Crippen LogP contribution in [0.5, 0.6) is 0 Å². The third-order valence-corrected chi connectivity index (χ3v) is 2.90. The molecule has 20 heavy (non-hydrogen) atoms. The van der Waals surface area contributed by atoms with Crippen molar-refractivity contribution in [3.8, 4) is 0 Å². The van der Waals surface area contributed by atoms with Crippen molar-refractivity contribution in [2.24, 2.45) is 0 Å². The predicted molar refractivity (Wildman–Crippen MR) is 76.2 cm³/mol. The van der Waals surface area contributed by atoms with Crippen LogP contribution in [0.4, 0.5) is 10.1 Å². The van der Waals surface area contributed by atoms with E-state index in [2.05, 4.69) is 5.32 Å². The van der Waals surface area contributed by atoms with Gasteiger partial charge < -0.3 is 10.4 Å². The SMILES string of the molecule is O=C(Nc1cccc(CCCO)c1)c1cccc(F)c1. The maximum absolute atomic E-state index is 13.1. The number of anilines is 1. The zero-order chi connectivity index (χ0) is 14.4. The van der Waals surface area contributed by atoms with Crippen molar-refractivity contribution in [1.29, 1.82) is 0 Å². The summed E-state index contributed by atoms with van der Waals surface area (Å²) in [5.74, 6) is -0.779. The third-order valence-electron chi connectivity index (χ3n) is 2.90. The maximum atomic E-state index is 13.1. The number of carbonyl (C=O) groups excluding carboxylic acids is 1. The number of hydrogen-bond donors (Lipinski definition) is 2. The monoisotopic (exact) mass is 273 g/mol. The van der Waals surface area contributed by atoms with E-state index in [1.54, 1.807) is 12.1 Å². The molecule has 1 amide bonds. The average Bonchev–Trinajstić information content (AvgIpc) is 2.45. The molecule has 2 aromatic carbocycles. The number of aliphatic hydroxyl groups excluding tert-OH is 1. The molecule has 0 bridgehead atoms. The average molecular weight is 273 g/mol. The number of carbonyl (C=O) groups is 1. The molecule has 0 aromatic heterocycles. The summed E-state index contributed by atoms with van der Waals surface area (Å²) in [6.07, 6.45) is 1.43. The van der Waals surface area contributed by atoms with Crippen molar-refractivity contribution in [2.75, 3.05) is 11.9 Å². The molecule has 0 radical (unpaired) electrons. The maximum Gasteiger partial charge on any atom is 0.255 e. The number of hydrogen-bond acceptors (Lipinski definition) is 2. The van der Waals surface area contributed by atoms with Crippen LogP contribution in [0, 0.1) is 5.82 Å². The summed E-state index contributed by atoms with van der Waals surface area (Å²) in [5, 5.41) is 11.5. The van der Waals surface area contributed by atoms with E-state index < -0.39 is 5.82 Å². The second-order valence-corrected chi connectivity index (χ2v) is 4.49. The highest BCUT2D eigenvalue weighted by atomic mass is 19.1. The lowest BCUT2D eigenvalue weighted by molar-refractivity contribution is 0.102. The van der Waals surface area contributed by atoms with E-state index in [0.717, 1.165) is 12.0 Å². The second-order valence-electron chi connectivity index (χ2n) is 4.49. The molecule has 0 atom stereocenters. The molecule has 0 saturated heterocycles. The summed E-state index contributed by atoms with van der Waals surface area (Å²) < 4.78 is 13.1. The number of aryl methyl sites for hydroxylation is 1. The zero-order valence-corrected chi connectivity index (χ0v) is 11.0. The smallest absolute Gasteiger partial charge is 0.255 e. The van der Waals surface area contributed by atoms with Gasteiger partial charge in [0, 0.05) is 17.9 Å². The minimum Gasteiger partial charge on any atom is -0.396 e. The van der Waals surface area contributed by atoms with E-state index in [1.165, 1.54) is 18.2 Å². The normalized spacial score (nSPS) is 10.3. The van der Waals surface area contributed by atoms with E-state index in [4.69, 9.17) is 5.11 Å². The van der Waals surface area contributed by atoms with Crippen LogP contribution in [-0.4, -0.2) is 17.6 Å². The van der Waals surface area contributed by atoms with Crippen LogP contribution >= 0.6 is 0 Å². The molecule has 0 fully saturated rings. The van der Waals surface area contributed by atoms with Crippen LogP contribution in [0.1, 0.15) is 22.3 Å². The van der Waals surface area contributed by atoms with Crippen molar-refractivity contribution >= 4 is 11.6 Å². The van der Waals surface area contributed by atoms with E-state index >= 15 is 0 Å². The Balaban J connectivity index is 2.07. The molecule has 0 heterocycles. The number of halogens is 1. The van der Waals surface area contributed by atoms with Gasteiger partial charge in [0.2, 0.25) is 0 Å². The fourth-order valence-corrected chi connectivity index (χ4v) is 1.92. The van der Waals surface area contributed by atoms with Crippen LogP contribution < -0.4 is 5.32 Å². The molecule has 0 spiro atoms. The highest BCUT2D eigenvalue weighted by molar-refractivity contribution is 6.04.